The average molecular weight is 400 g/mol. The van der Waals surface area contributed by atoms with Crippen molar-refractivity contribution in [2.45, 2.75) is 43.2 Å². The minimum atomic E-state index is -4.58. The quantitative estimate of drug-likeness (QED) is 0.753. The Morgan fingerprint density at radius 1 is 1.32 bits per heavy atom. The van der Waals surface area contributed by atoms with Gasteiger partial charge >= 0.3 is 18.2 Å². The number of aromatic nitrogens is 4. The van der Waals surface area contributed by atoms with E-state index in [1.165, 1.54) is 19.5 Å². The normalized spacial score (nSPS) is 25.5. The van der Waals surface area contributed by atoms with Gasteiger partial charge in [-0.15, -0.1) is 0 Å². The zero-order valence-electron chi connectivity index (χ0n) is 14.7. The largest absolute Gasteiger partial charge is 0.467 e. The maximum atomic E-state index is 13.7. The number of carbonyl (C=O) groups is 1. The van der Waals surface area contributed by atoms with Crippen molar-refractivity contribution >= 4 is 11.7 Å². The summed E-state index contributed by atoms with van der Waals surface area (Å²) in [6, 6.07) is 0.302. The van der Waals surface area contributed by atoms with Crippen LogP contribution in [0.3, 0.4) is 0 Å². The van der Waals surface area contributed by atoms with Gasteiger partial charge in [0.05, 0.1) is 43.0 Å². The van der Waals surface area contributed by atoms with Crippen LogP contribution in [0.4, 0.5) is 28.0 Å². The lowest BCUT2D eigenvalue weighted by Gasteiger charge is -2.65. The predicted molar refractivity (Wildman–Crippen MR) is 87.3 cm³/mol. The second kappa shape index (κ2) is 6.04. The Bertz CT molecular complexity index is 878. The van der Waals surface area contributed by atoms with Gasteiger partial charge in [-0.2, -0.15) is 18.3 Å². The van der Waals surface area contributed by atoms with Gasteiger partial charge in [-0.3, -0.25) is 10.00 Å². The summed E-state index contributed by atoms with van der Waals surface area (Å²) in [5.41, 5.74) is -2.59. The highest BCUT2D eigenvalue weighted by Crippen LogP contribution is 2.62. The van der Waals surface area contributed by atoms with Crippen molar-refractivity contribution in [1.82, 2.24) is 25.5 Å². The van der Waals surface area contributed by atoms with E-state index in [2.05, 4.69) is 20.4 Å². The predicted octanol–water partition coefficient (Wildman–Crippen LogP) is 2.59. The fourth-order valence-electron chi connectivity index (χ4n) is 3.68. The Labute approximate surface area is 156 Å². The molecule has 0 radical (unpaired) electrons. The molecule has 0 atom stereocenters. The van der Waals surface area contributed by atoms with Crippen molar-refractivity contribution < 1.29 is 27.1 Å². The van der Waals surface area contributed by atoms with Crippen LogP contribution >= 0.6 is 0 Å². The molecule has 3 aliphatic rings. The monoisotopic (exact) mass is 400 g/mol. The Morgan fingerprint density at radius 2 is 1.96 bits per heavy atom. The number of amides is 2. The van der Waals surface area contributed by atoms with Gasteiger partial charge in [0.2, 0.25) is 0 Å². The summed E-state index contributed by atoms with van der Waals surface area (Å²) in [7, 11) is 1.37. The van der Waals surface area contributed by atoms with Crippen molar-refractivity contribution in [3.05, 3.63) is 29.8 Å². The number of methoxy groups -OCH3 is 1. The van der Waals surface area contributed by atoms with Crippen LogP contribution in [-0.2, 0) is 12.7 Å². The zero-order chi connectivity index (χ0) is 20.2. The lowest BCUT2D eigenvalue weighted by Crippen LogP contribution is -2.77. The Morgan fingerprint density at radius 3 is 2.46 bits per heavy atom. The van der Waals surface area contributed by atoms with Gasteiger partial charge in [0, 0.05) is 19.3 Å². The van der Waals surface area contributed by atoms with Gasteiger partial charge in [-0.1, -0.05) is 0 Å². The molecule has 3 aliphatic carbocycles. The van der Waals surface area contributed by atoms with Crippen molar-refractivity contribution in [2.24, 2.45) is 0 Å². The first kappa shape index (κ1) is 18.4. The van der Waals surface area contributed by atoms with Crippen LogP contribution in [0.15, 0.2) is 18.5 Å². The number of hydrogen-bond donors (Lipinski definition) is 2. The van der Waals surface area contributed by atoms with E-state index >= 15 is 0 Å². The van der Waals surface area contributed by atoms with Crippen LogP contribution < -0.4 is 15.0 Å². The van der Waals surface area contributed by atoms with Gasteiger partial charge in [0.25, 0.3) is 0 Å². The number of hydrogen-bond acceptors (Lipinski definition) is 5. The van der Waals surface area contributed by atoms with Crippen molar-refractivity contribution in [3.63, 3.8) is 0 Å². The van der Waals surface area contributed by atoms with Crippen molar-refractivity contribution in [1.29, 1.82) is 0 Å². The molecule has 3 saturated carbocycles. The molecule has 0 saturated heterocycles. The molecular weight excluding hydrogens is 384 g/mol. The molecule has 12 heteroatoms. The van der Waals surface area contributed by atoms with Crippen LogP contribution in [0.1, 0.15) is 30.7 Å². The molecule has 8 nitrogen and oxygen atoms in total. The van der Waals surface area contributed by atoms with Crippen molar-refractivity contribution in [2.75, 3.05) is 12.0 Å². The Balaban J connectivity index is 1.55. The molecule has 0 aliphatic heterocycles. The molecule has 2 aromatic heterocycles. The first-order valence-electron chi connectivity index (χ1n) is 8.38. The molecule has 2 heterocycles. The number of halogens is 4. The van der Waals surface area contributed by atoms with Gasteiger partial charge in [0.1, 0.15) is 11.4 Å². The molecule has 5 rings (SSSR count). The summed E-state index contributed by atoms with van der Waals surface area (Å²) in [6.07, 6.45) is -1.26. The van der Waals surface area contributed by atoms with E-state index in [1.54, 1.807) is 0 Å². The third kappa shape index (κ3) is 3.22. The molecule has 28 heavy (non-hydrogen) atoms. The van der Waals surface area contributed by atoms with Gasteiger partial charge in [0.15, 0.2) is 0 Å². The lowest BCUT2D eigenvalue weighted by atomic mass is 9.47. The second-order valence-electron chi connectivity index (χ2n) is 7.18. The highest BCUT2D eigenvalue weighted by Gasteiger charge is 2.70. The van der Waals surface area contributed by atoms with Gasteiger partial charge in [-0.25, -0.2) is 19.2 Å². The van der Waals surface area contributed by atoms with Crippen LogP contribution in [0.25, 0.3) is 0 Å². The highest BCUT2D eigenvalue weighted by molar-refractivity contribution is 5.92. The van der Waals surface area contributed by atoms with E-state index in [9.17, 15) is 22.4 Å². The number of H-pyrrole nitrogens is 1. The van der Waals surface area contributed by atoms with E-state index in [0.717, 1.165) is 11.0 Å². The van der Waals surface area contributed by atoms with E-state index < -0.39 is 29.1 Å². The van der Waals surface area contributed by atoms with E-state index in [0.29, 0.717) is 0 Å². The molecular formula is C16H16F4N6O2. The van der Waals surface area contributed by atoms with Gasteiger partial charge in [-0.05, 0) is 6.07 Å². The number of nitrogens with zero attached hydrogens (tertiary/aromatic N) is 4. The third-order valence-electron chi connectivity index (χ3n) is 4.95. The number of urea groups is 1. The Kier molecular flexibility index (Phi) is 3.98. The number of rotatable bonds is 5. The molecule has 2 bridgehead atoms. The summed E-state index contributed by atoms with van der Waals surface area (Å²) < 4.78 is 56.9. The second-order valence-corrected chi connectivity index (χ2v) is 7.18. The first-order valence-corrected chi connectivity index (χ1v) is 8.38. The lowest BCUT2D eigenvalue weighted by molar-refractivity contribution is -0.161. The SMILES string of the molecule is COc1ncc(N(Cc2cc(C(F)(F)F)[nH]n2)C(=O)NC23CC(F)(C2)C3)cn1. The van der Waals surface area contributed by atoms with Crippen LogP contribution in [0, 0.1) is 0 Å². The number of carbonyl (C=O) groups excluding carboxylic acids is 1. The minimum absolute atomic E-state index is 0.00199. The molecule has 150 valence electrons. The maximum Gasteiger partial charge on any atom is 0.432 e. The van der Waals surface area contributed by atoms with Gasteiger partial charge < -0.3 is 10.1 Å². The number of ether oxygens (including phenoxy) is 1. The summed E-state index contributed by atoms with van der Waals surface area (Å²) in [5, 5.41) is 8.30. The van der Waals surface area contributed by atoms with Crippen LogP contribution in [-0.4, -0.2) is 44.5 Å². The fraction of sp³-hybridized carbons (Fsp3) is 0.500. The number of alkyl halides is 4. The van der Waals surface area contributed by atoms with Crippen LogP contribution in [0.2, 0.25) is 0 Å². The molecule has 3 fully saturated rings. The molecule has 0 spiro atoms. The van der Waals surface area contributed by atoms with E-state index in [4.69, 9.17) is 4.74 Å². The first-order chi connectivity index (χ1) is 13.1. The summed E-state index contributed by atoms with van der Waals surface area (Å²) in [4.78, 5) is 21.8. The smallest absolute Gasteiger partial charge is 0.432 e. The number of aromatic amines is 1. The highest BCUT2D eigenvalue weighted by atomic mass is 19.4. The van der Waals surface area contributed by atoms with Crippen LogP contribution in [0.5, 0.6) is 6.01 Å². The maximum absolute atomic E-state index is 13.7. The number of nitrogens with one attached hydrogen (secondary N) is 2. The minimum Gasteiger partial charge on any atom is -0.467 e. The third-order valence-corrected chi connectivity index (χ3v) is 4.95. The molecule has 2 aromatic rings. The summed E-state index contributed by atoms with van der Waals surface area (Å²) in [5.74, 6) is 0. The molecule has 0 unspecified atom stereocenters. The Hall–Kier alpha value is -2.92. The zero-order valence-corrected chi connectivity index (χ0v) is 14.7. The number of anilines is 1. The van der Waals surface area contributed by atoms with Crippen molar-refractivity contribution in [3.8, 4) is 6.01 Å². The van der Waals surface area contributed by atoms with E-state index in [-0.39, 0.29) is 43.2 Å². The standard InChI is InChI=1S/C16H16F4N6O2/c1-28-12-21-3-10(4-22-12)26(5-9-2-11(25-24-9)16(18,19)20)13(27)23-15-6-14(17,7-15)8-15/h2-4H,5-8H2,1H3,(H,23,27)(H,24,25). The summed E-state index contributed by atoms with van der Waals surface area (Å²) in [6.45, 7) is -0.259. The topological polar surface area (TPSA) is 96.0 Å². The fourth-order valence-corrected chi connectivity index (χ4v) is 3.68. The summed E-state index contributed by atoms with van der Waals surface area (Å²) >= 11 is 0. The molecule has 0 aromatic carbocycles. The van der Waals surface area contributed by atoms with E-state index in [1.807, 2.05) is 5.10 Å². The molecule has 2 N–H and O–H groups in total. The molecule has 2 amide bonds. The average Bonchev–Trinajstić information content (AvgIpc) is 3.06.